The molecule has 0 aliphatic heterocycles. The van der Waals surface area contributed by atoms with Crippen molar-refractivity contribution in [1.82, 2.24) is 9.97 Å². The quantitative estimate of drug-likeness (QED) is 0.595. The summed E-state index contributed by atoms with van der Waals surface area (Å²) >= 11 is 6.36. The molecule has 0 bridgehead atoms. The molecule has 0 aliphatic rings. The largest absolute Gasteiger partial charge is 0.228 e. The second-order valence-corrected chi connectivity index (χ2v) is 5.41. The number of aryl methyl sites for hydroxylation is 2. The number of hydrogen-bond donors (Lipinski definition) is 0. The molecule has 1 aromatic heterocycles. The normalized spacial score (nSPS) is 11.0. The fourth-order valence-electron chi connectivity index (χ4n) is 2.42. The first-order valence-corrected chi connectivity index (χ1v) is 6.95. The van der Waals surface area contributed by atoms with Gasteiger partial charge in [-0.15, -0.1) is 0 Å². The Balaban J connectivity index is 2.31. The van der Waals surface area contributed by atoms with E-state index in [2.05, 4.69) is 29.9 Å². The molecule has 3 heteroatoms. The average molecular weight is 283 g/mol. The standard InChI is InChI=1S/C17H15ClN2/c1-10-6-4-8-13(12(10)3)17-19-14-9-5-7-11(2)15(14)16(18)20-17/h4-9H,1-3H3. The Morgan fingerprint density at radius 3 is 2.35 bits per heavy atom. The van der Waals surface area contributed by atoms with Gasteiger partial charge in [-0.3, -0.25) is 0 Å². The maximum atomic E-state index is 6.36. The average Bonchev–Trinajstić information content (AvgIpc) is 2.41. The molecule has 0 N–H and O–H groups in total. The summed E-state index contributed by atoms with van der Waals surface area (Å²) in [5.74, 6) is 0.689. The zero-order chi connectivity index (χ0) is 14.3. The van der Waals surface area contributed by atoms with Gasteiger partial charge in [-0.1, -0.05) is 41.9 Å². The van der Waals surface area contributed by atoms with E-state index in [1.165, 1.54) is 11.1 Å². The van der Waals surface area contributed by atoms with Crippen LogP contribution in [0.4, 0.5) is 0 Å². The molecule has 3 rings (SSSR count). The van der Waals surface area contributed by atoms with Crippen molar-refractivity contribution in [2.24, 2.45) is 0 Å². The summed E-state index contributed by atoms with van der Waals surface area (Å²) in [7, 11) is 0. The molecule has 0 aliphatic carbocycles. The first-order chi connectivity index (χ1) is 9.58. The van der Waals surface area contributed by atoms with Crippen molar-refractivity contribution in [3.63, 3.8) is 0 Å². The van der Waals surface area contributed by atoms with E-state index in [9.17, 15) is 0 Å². The number of hydrogen-bond acceptors (Lipinski definition) is 2. The molecule has 3 aromatic rings. The minimum atomic E-state index is 0.518. The van der Waals surface area contributed by atoms with Crippen molar-refractivity contribution in [2.75, 3.05) is 0 Å². The summed E-state index contributed by atoms with van der Waals surface area (Å²) in [5.41, 5.74) is 5.44. The van der Waals surface area contributed by atoms with E-state index in [0.717, 1.165) is 22.0 Å². The highest BCUT2D eigenvalue weighted by molar-refractivity contribution is 6.34. The molecule has 0 saturated carbocycles. The number of halogens is 1. The van der Waals surface area contributed by atoms with Crippen LogP contribution in [0.15, 0.2) is 36.4 Å². The molecule has 20 heavy (non-hydrogen) atoms. The van der Waals surface area contributed by atoms with Gasteiger partial charge in [-0.2, -0.15) is 0 Å². The van der Waals surface area contributed by atoms with Gasteiger partial charge in [0, 0.05) is 10.9 Å². The molecular weight excluding hydrogens is 268 g/mol. The van der Waals surface area contributed by atoms with Crippen molar-refractivity contribution in [3.05, 3.63) is 58.2 Å². The van der Waals surface area contributed by atoms with Gasteiger partial charge in [0.15, 0.2) is 5.82 Å². The molecule has 2 aromatic carbocycles. The monoisotopic (exact) mass is 282 g/mol. The van der Waals surface area contributed by atoms with Gasteiger partial charge >= 0.3 is 0 Å². The van der Waals surface area contributed by atoms with Crippen LogP contribution in [0.5, 0.6) is 0 Å². The molecule has 100 valence electrons. The molecule has 1 heterocycles. The van der Waals surface area contributed by atoms with Gasteiger partial charge in [0.2, 0.25) is 0 Å². The predicted octanol–water partition coefficient (Wildman–Crippen LogP) is 4.88. The Hall–Kier alpha value is -1.93. The number of benzene rings is 2. The van der Waals surface area contributed by atoms with Crippen LogP contribution in [-0.4, -0.2) is 9.97 Å². The first-order valence-electron chi connectivity index (χ1n) is 6.57. The SMILES string of the molecule is Cc1cccc(-c2nc(Cl)c3c(C)cccc3n2)c1C. The fraction of sp³-hybridized carbons (Fsp3) is 0.176. The van der Waals surface area contributed by atoms with Crippen molar-refractivity contribution in [3.8, 4) is 11.4 Å². The van der Waals surface area contributed by atoms with Gasteiger partial charge in [0.05, 0.1) is 5.52 Å². The van der Waals surface area contributed by atoms with E-state index in [1.807, 2.05) is 37.3 Å². The maximum absolute atomic E-state index is 6.36. The zero-order valence-electron chi connectivity index (χ0n) is 11.7. The minimum Gasteiger partial charge on any atom is -0.228 e. The summed E-state index contributed by atoms with van der Waals surface area (Å²) in [6.45, 7) is 6.20. The van der Waals surface area contributed by atoms with Gasteiger partial charge in [-0.05, 0) is 43.5 Å². The summed E-state index contributed by atoms with van der Waals surface area (Å²) in [4.78, 5) is 9.16. The summed E-state index contributed by atoms with van der Waals surface area (Å²) in [6, 6.07) is 12.1. The van der Waals surface area contributed by atoms with Crippen molar-refractivity contribution >= 4 is 22.5 Å². The Bertz CT molecular complexity index is 809. The third-order valence-corrected chi connectivity index (χ3v) is 4.01. The molecule has 0 unspecified atom stereocenters. The zero-order valence-corrected chi connectivity index (χ0v) is 12.5. The third kappa shape index (κ3) is 2.06. The number of aromatic nitrogens is 2. The number of fused-ring (bicyclic) bond motifs is 1. The maximum Gasteiger partial charge on any atom is 0.161 e. The molecule has 2 nitrogen and oxygen atoms in total. The van der Waals surface area contributed by atoms with E-state index < -0.39 is 0 Å². The van der Waals surface area contributed by atoms with E-state index in [-0.39, 0.29) is 0 Å². The Morgan fingerprint density at radius 1 is 0.850 bits per heavy atom. The van der Waals surface area contributed by atoms with Crippen LogP contribution < -0.4 is 0 Å². The smallest absolute Gasteiger partial charge is 0.161 e. The lowest BCUT2D eigenvalue weighted by Gasteiger charge is -2.10. The van der Waals surface area contributed by atoms with Crippen LogP contribution in [0.2, 0.25) is 5.15 Å². The molecule has 0 radical (unpaired) electrons. The summed E-state index contributed by atoms with van der Waals surface area (Å²) in [5, 5.41) is 1.45. The number of nitrogens with zero attached hydrogens (tertiary/aromatic N) is 2. The predicted molar refractivity (Wildman–Crippen MR) is 84.2 cm³/mol. The molecule has 0 atom stereocenters. The highest BCUT2D eigenvalue weighted by Gasteiger charge is 2.11. The molecule has 0 amide bonds. The second-order valence-electron chi connectivity index (χ2n) is 5.05. The molecular formula is C17H15ClN2. The van der Waals surface area contributed by atoms with Gasteiger partial charge in [0.1, 0.15) is 5.15 Å². The molecule has 0 saturated heterocycles. The van der Waals surface area contributed by atoms with Crippen LogP contribution in [-0.2, 0) is 0 Å². The lowest BCUT2D eigenvalue weighted by atomic mass is 10.0. The second kappa shape index (κ2) is 4.88. The molecule has 0 fully saturated rings. The Morgan fingerprint density at radius 2 is 1.55 bits per heavy atom. The van der Waals surface area contributed by atoms with E-state index in [4.69, 9.17) is 11.6 Å². The number of rotatable bonds is 1. The van der Waals surface area contributed by atoms with Gasteiger partial charge < -0.3 is 0 Å². The lowest BCUT2D eigenvalue weighted by Crippen LogP contribution is -1.96. The summed E-state index contributed by atoms with van der Waals surface area (Å²) in [6.07, 6.45) is 0. The van der Waals surface area contributed by atoms with Crippen LogP contribution in [0.3, 0.4) is 0 Å². The van der Waals surface area contributed by atoms with Gasteiger partial charge in [-0.25, -0.2) is 9.97 Å². The van der Waals surface area contributed by atoms with Crippen LogP contribution in [0.1, 0.15) is 16.7 Å². The summed E-state index contributed by atoms with van der Waals surface area (Å²) < 4.78 is 0. The van der Waals surface area contributed by atoms with E-state index >= 15 is 0 Å². The van der Waals surface area contributed by atoms with Gasteiger partial charge in [0.25, 0.3) is 0 Å². The van der Waals surface area contributed by atoms with Crippen LogP contribution in [0, 0.1) is 20.8 Å². The topological polar surface area (TPSA) is 25.8 Å². The van der Waals surface area contributed by atoms with Crippen molar-refractivity contribution < 1.29 is 0 Å². The fourth-order valence-corrected chi connectivity index (χ4v) is 2.74. The first kappa shape index (κ1) is 13.1. The third-order valence-electron chi connectivity index (χ3n) is 3.73. The van der Waals surface area contributed by atoms with Crippen molar-refractivity contribution in [2.45, 2.75) is 20.8 Å². The van der Waals surface area contributed by atoms with Crippen LogP contribution in [0.25, 0.3) is 22.3 Å². The van der Waals surface area contributed by atoms with E-state index in [1.54, 1.807) is 0 Å². The molecule has 0 spiro atoms. The highest BCUT2D eigenvalue weighted by atomic mass is 35.5. The van der Waals surface area contributed by atoms with Crippen molar-refractivity contribution in [1.29, 1.82) is 0 Å². The Kier molecular flexibility index (Phi) is 3.19. The Labute approximate surface area is 123 Å². The van der Waals surface area contributed by atoms with E-state index in [0.29, 0.717) is 11.0 Å². The highest BCUT2D eigenvalue weighted by Crippen LogP contribution is 2.29. The lowest BCUT2D eigenvalue weighted by molar-refractivity contribution is 1.20. The minimum absolute atomic E-state index is 0.518. The van der Waals surface area contributed by atoms with Crippen LogP contribution >= 0.6 is 11.6 Å².